The van der Waals surface area contributed by atoms with Gasteiger partial charge in [0.15, 0.2) is 5.84 Å². The molecule has 0 aromatic carbocycles. The van der Waals surface area contributed by atoms with Crippen molar-refractivity contribution in [3.8, 4) is 0 Å². The number of oxime groups is 1. The van der Waals surface area contributed by atoms with Gasteiger partial charge in [0.05, 0.1) is 0 Å². The van der Waals surface area contributed by atoms with E-state index in [0.29, 0.717) is 0 Å². The van der Waals surface area contributed by atoms with Crippen LogP contribution in [0.2, 0.25) is 0 Å². The summed E-state index contributed by atoms with van der Waals surface area (Å²) in [5.41, 5.74) is 4.95. The number of ether oxygens (including phenoxy) is 1. The van der Waals surface area contributed by atoms with Crippen molar-refractivity contribution in [2.75, 3.05) is 6.61 Å². The lowest BCUT2D eigenvalue weighted by molar-refractivity contribution is -0.177. The first kappa shape index (κ1) is 11.0. The van der Waals surface area contributed by atoms with Gasteiger partial charge in [0.25, 0.3) is 0 Å². The molecule has 0 saturated heterocycles. The van der Waals surface area contributed by atoms with Crippen LogP contribution in [0.4, 0.5) is 13.2 Å². The zero-order valence-electron chi connectivity index (χ0n) is 6.30. The van der Waals surface area contributed by atoms with Crippen LogP contribution in [0.15, 0.2) is 5.16 Å². The van der Waals surface area contributed by atoms with Gasteiger partial charge in [-0.2, -0.15) is 13.2 Å². The van der Waals surface area contributed by atoms with Crippen molar-refractivity contribution < 1.29 is 23.1 Å². The highest BCUT2D eigenvalue weighted by Gasteiger charge is 2.29. The Morgan fingerprint density at radius 2 is 2.17 bits per heavy atom. The molecule has 3 N–H and O–H groups in total. The summed E-state index contributed by atoms with van der Waals surface area (Å²) in [7, 11) is 0. The van der Waals surface area contributed by atoms with E-state index in [-0.39, 0.29) is 5.84 Å². The molecular weight excluding hydrogens is 177 g/mol. The SMILES string of the molecule is CC(OCC(F)(F)F)/C(N)=N/O. The zero-order valence-corrected chi connectivity index (χ0v) is 6.30. The summed E-state index contributed by atoms with van der Waals surface area (Å²) < 4.78 is 38.8. The summed E-state index contributed by atoms with van der Waals surface area (Å²) in [5, 5.41) is 10.5. The number of alkyl halides is 3. The van der Waals surface area contributed by atoms with Crippen molar-refractivity contribution in [2.24, 2.45) is 10.9 Å². The first-order valence-corrected chi connectivity index (χ1v) is 3.02. The van der Waals surface area contributed by atoms with E-state index in [1.807, 2.05) is 0 Å². The molecule has 0 amide bonds. The van der Waals surface area contributed by atoms with Crippen LogP contribution in [0.1, 0.15) is 6.92 Å². The molecule has 4 nitrogen and oxygen atoms in total. The standard InChI is InChI=1S/C5H9F3N2O2/c1-3(4(9)10-11)12-2-5(6,7)8/h3,11H,2H2,1H3,(H2,9,10). The molecule has 0 aliphatic rings. The molecule has 0 heterocycles. The van der Waals surface area contributed by atoms with Crippen molar-refractivity contribution in [1.82, 2.24) is 0 Å². The normalized spacial score (nSPS) is 16.2. The van der Waals surface area contributed by atoms with Crippen LogP contribution in [0.5, 0.6) is 0 Å². The van der Waals surface area contributed by atoms with Crippen LogP contribution < -0.4 is 5.73 Å². The Morgan fingerprint density at radius 1 is 1.67 bits per heavy atom. The monoisotopic (exact) mass is 186 g/mol. The summed E-state index contributed by atoms with van der Waals surface area (Å²) in [4.78, 5) is 0. The topological polar surface area (TPSA) is 67.8 Å². The number of hydrogen-bond acceptors (Lipinski definition) is 3. The molecule has 0 bridgehead atoms. The van der Waals surface area contributed by atoms with Crippen molar-refractivity contribution in [2.45, 2.75) is 19.2 Å². The van der Waals surface area contributed by atoms with Crippen molar-refractivity contribution in [3.05, 3.63) is 0 Å². The molecule has 0 saturated carbocycles. The summed E-state index contributed by atoms with van der Waals surface area (Å²) in [6.07, 6.45) is -5.44. The van der Waals surface area contributed by atoms with E-state index in [2.05, 4.69) is 9.89 Å². The minimum atomic E-state index is -4.40. The molecule has 12 heavy (non-hydrogen) atoms. The van der Waals surface area contributed by atoms with E-state index in [1.165, 1.54) is 6.92 Å². The average molecular weight is 186 g/mol. The van der Waals surface area contributed by atoms with Gasteiger partial charge in [-0.1, -0.05) is 5.16 Å². The fourth-order valence-electron chi connectivity index (χ4n) is 0.386. The van der Waals surface area contributed by atoms with Gasteiger partial charge in [0.1, 0.15) is 12.7 Å². The zero-order chi connectivity index (χ0) is 9.78. The first-order valence-electron chi connectivity index (χ1n) is 3.02. The van der Waals surface area contributed by atoms with Gasteiger partial charge in [0, 0.05) is 0 Å². The molecule has 0 aromatic rings. The van der Waals surface area contributed by atoms with Gasteiger partial charge in [-0.3, -0.25) is 0 Å². The van der Waals surface area contributed by atoms with Crippen LogP contribution in [0.25, 0.3) is 0 Å². The van der Waals surface area contributed by atoms with E-state index < -0.39 is 18.9 Å². The highest BCUT2D eigenvalue weighted by Crippen LogP contribution is 2.15. The molecule has 0 radical (unpaired) electrons. The number of hydrogen-bond donors (Lipinski definition) is 2. The lowest BCUT2D eigenvalue weighted by atomic mass is 10.4. The smallest absolute Gasteiger partial charge is 0.409 e. The Kier molecular flexibility index (Phi) is 3.81. The van der Waals surface area contributed by atoms with Crippen molar-refractivity contribution in [1.29, 1.82) is 0 Å². The predicted molar refractivity (Wildman–Crippen MR) is 34.9 cm³/mol. The second-order valence-electron chi connectivity index (χ2n) is 2.09. The molecule has 0 aliphatic heterocycles. The first-order chi connectivity index (χ1) is 5.37. The fourth-order valence-corrected chi connectivity index (χ4v) is 0.386. The number of nitrogens with zero attached hydrogens (tertiary/aromatic N) is 1. The molecule has 1 unspecified atom stereocenters. The summed E-state index contributed by atoms with van der Waals surface area (Å²) in [5.74, 6) is -0.390. The lowest BCUT2D eigenvalue weighted by Crippen LogP contribution is -2.32. The van der Waals surface area contributed by atoms with Gasteiger partial charge in [-0.05, 0) is 6.92 Å². The van der Waals surface area contributed by atoms with E-state index >= 15 is 0 Å². The Labute approximate surface area is 66.8 Å². The minimum absolute atomic E-state index is 0.390. The molecule has 72 valence electrons. The van der Waals surface area contributed by atoms with Crippen LogP contribution in [-0.4, -0.2) is 29.9 Å². The van der Waals surface area contributed by atoms with Gasteiger partial charge in [-0.15, -0.1) is 0 Å². The molecule has 0 rings (SSSR count). The number of nitrogens with two attached hydrogens (primary N) is 1. The molecule has 1 atom stereocenters. The maximum absolute atomic E-state index is 11.5. The van der Waals surface area contributed by atoms with E-state index in [4.69, 9.17) is 10.9 Å². The molecular formula is C5H9F3N2O2. The van der Waals surface area contributed by atoms with Gasteiger partial charge in [-0.25, -0.2) is 0 Å². The minimum Gasteiger partial charge on any atom is -0.409 e. The largest absolute Gasteiger partial charge is 0.411 e. The van der Waals surface area contributed by atoms with Crippen molar-refractivity contribution in [3.63, 3.8) is 0 Å². The van der Waals surface area contributed by atoms with E-state index in [1.54, 1.807) is 0 Å². The Morgan fingerprint density at radius 3 is 2.50 bits per heavy atom. The van der Waals surface area contributed by atoms with Crippen molar-refractivity contribution >= 4 is 5.84 Å². The Bertz CT molecular complexity index is 169. The molecule has 0 aromatic heterocycles. The van der Waals surface area contributed by atoms with Gasteiger partial charge < -0.3 is 15.7 Å². The maximum atomic E-state index is 11.5. The average Bonchev–Trinajstić information content (AvgIpc) is 1.97. The van der Waals surface area contributed by atoms with Gasteiger partial charge >= 0.3 is 6.18 Å². The molecule has 0 spiro atoms. The quantitative estimate of drug-likeness (QED) is 0.295. The maximum Gasteiger partial charge on any atom is 0.411 e. The molecule has 0 aliphatic carbocycles. The third-order valence-corrected chi connectivity index (χ3v) is 1.03. The molecule has 7 heteroatoms. The second-order valence-corrected chi connectivity index (χ2v) is 2.09. The fraction of sp³-hybridized carbons (Fsp3) is 0.800. The Balaban J connectivity index is 3.80. The summed E-state index contributed by atoms with van der Waals surface area (Å²) in [6, 6.07) is 0. The Hall–Kier alpha value is -0.980. The molecule has 0 fully saturated rings. The van der Waals surface area contributed by atoms with Crippen LogP contribution in [0, 0.1) is 0 Å². The summed E-state index contributed by atoms with van der Waals surface area (Å²) in [6.45, 7) is -0.162. The second kappa shape index (κ2) is 4.15. The number of amidine groups is 1. The number of halogens is 3. The van der Waals surface area contributed by atoms with Crippen LogP contribution >= 0.6 is 0 Å². The third-order valence-electron chi connectivity index (χ3n) is 1.03. The number of rotatable bonds is 3. The lowest BCUT2D eigenvalue weighted by Gasteiger charge is -2.12. The highest BCUT2D eigenvalue weighted by atomic mass is 19.4. The van der Waals surface area contributed by atoms with E-state index in [0.717, 1.165) is 0 Å². The van der Waals surface area contributed by atoms with Crippen LogP contribution in [-0.2, 0) is 4.74 Å². The van der Waals surface area contributed by atoms with E-state index in [9.17, 15) is 13.2 Å². The third kappa shape index (κ3) is 4.78. The summed E-state index contributed by atoms with van der Waals surface area (Å²) >= 11 is 0. The highest BCUT2D eigenvalue weighted by molar-refractivity contribution is 5.83. The van der Waals surface area contributed by atoms with Gasteiger partial charge in [0.2, 0.25) is 0 Å². The predicted octanol–water partition coefficient (Wildman–Crippen LogP) is 0.700. The van der Waals surface area contributed by atoms with Crippen LogP contribution in [0.3, 0.4) is 0 Å².